The first-order valence-corrected chi connectivity index (χ1v) is 13.1. The highest BCUT2D eigenvalue weighted by Gasteiger charge is 2.32. The third kappa shape index (κ3) is 8.65. The quantitative estimate of drug-likeness (QED) is 0.352. The van der Waals surface area contributed by atoms with E-state index in [0.717, 1.165) is 11.1 Å². The Morgan fingerprint density at radius 3 is 2.13 bits per heavy atom. The van der Waals surface area contributed by atoms with E-state index < -0.39 is 11.6 Å². The van der Waals surface area contributed by atoms with Gasteiger partial charge in [0.05, 0.1) is 7.11 Å². The number of amides is 2. The lowest BCUT2D eigenvalue weighted by molar-refractivity contribution is -0.143. The number of nitrogens with one attached hydrogen (secondary N) is 1. The highest BCUT2D eigenvalue weighted by atomic mass is 16.5. The summed E-state index contributed by atoms with van der Waals surface area (Å²) in [6, 6.07) is 24.3. The van der Waals surface area contributed by atoms with Crippen LogP contribution in [0.2, 0.25) is 0 Å². The Bertz CT molecular complexity index is 1180. The number of benzene rings is 3. The maximum Gasteiger partial charge on any atom is 0.261 e. The molecule has 3 aromatic rings. The number of ether oxygens (including phenoxy) is 2. The van der Waals surface area contributed by atoms with E-state index >= 15 is 0 Å². The predicted molar refractivity (Wildman–Crippen MR) is 151 cm³/mol. The number of carbonyl (C=O) groups excluding carboxylic acids is 2. The summed E-state index contributed by atoms with van der Waals surface area (Å²) in [6.07, 6.45) is 0.377. The smallest absolute Gasteiger partial charge is 0.261 e. The molecule has 0 unspecified atom stereocenters. The average molecular weight is 517 g/mol. The monoisotopic (exact) mass is 516 g/mol. The fourth-order valence-corrected chi connectivity index (χ4v) is 4.15. The van der Waals surface area contributed by atoms with Crippen LogP contribution >= 0.6 is 0 Å². The van der Waals surface area contributed by atoms with Gasteiger partial charge in [-0.1, -0.05) is 68.4 Å². The highest BCUT2D eigenvalue weighted by molar-refractivity contribution is 5.89. The second kappa shape index (κ2) is 13.1. The van der Waals surface area contributed by atoms with Crippen molar-refractivity contribution in [2.75, 3.05) is 13.7 Å². The van der Waals surface area contributed by atoms with E-state index in [4.69, 9.17) is 9.47 Å². The van der Waals surface area contributed by atoms with Crippen LogP contribution in [-0.4, -0.2) is 42.0 Å². The number of hydrogen-bond donors (Lipinski definition) is 1. The number of rotatable bonds is 11. The summed E-state index contributed by atoms with van der Waals surface area (Å²) >= 11 is 0. The fraction of sp³-hybridized carbons (Fsp3) is 0.375. The molecule has 0 aliphatic rings. The third-order valence-corrected chi connectivity index (χ3v) is 6.17. The van der Waals surface area contributed by atoms with Crippen LogP contribution in [0.5, 0.6) is 11.5 Å². The van der Waals surface area contributed by atoms with E-state index in [1.807, 2.05) is 99.6 Å². The topological polar surface area (TPSA) is 67.9 Å². The van der Waals surface area contributed by atoms with E-state index in [-0.39, 0.29) is 25.0 Å². The van der Waals surface area contributed by atoms with Gasteiger partial charge in [0.2, 0.25) is 5.91 Å². The molecule has 3 aromatic carbocycles. The first-order chi connectivity index (χ1) is 18.1. The molecule has 0 aliphatic heterocycles. The number of nitrogens with zero attached hydrogens (tertiary/aromatic N) is 1. The lowest BCUT2D eigenvalue weighted by Gasteiger charge is -2.33. The molecule has 0 aromatic heterocycles. The lowest BCUT2D eigenvalue weighted by Crippen LogP contribution is -2.55. The van der Waals surface area contributed by atoms with Crippen LogP contribution in [0.3, 0.4) is 0 Å². The summed E-state index contributed by atoms with van der Waals surface area (Å²) in [5.74, 6) is 1.23. The van der Waals surface area contributed by atoms with Crippen LogP contribution in [0.25, 0.3) is 0 Å². The van der Waals surface area contributed by atoms with Gasteiger partial charge in [-0.05, 0) is 67.6 Å². The third-order valence-electron chi connectivity index (χ3n) is 6.17. The van der Waals surface area contributed by atoms with Crippen LogP contribution in [-0.2, 0) is 22.6 Å². The Labute approximate surface area is 227 Å². The molecule has 0 radical (unpaired) electrons. The molecule has 0 aliphatic carbocycles. The maximum atomic E-state index is 13.7. The molecular weight excluding hydrogens is 476 g/mol. The molecule has 1 atom stereocenters. The largest absolute Gasteiger partial charge is 0.497 e. The molecule has 38 heavy (non-hydrogen) atoms. The summed E-state index contributed by atoms with van der Waals surface area (Å²) in [4.78, 5) is 29.0. The van der Waals surface area contributed by atoms with Gasteiger partial charge in [-0.15, -0.1) is 0 Å². The van der Waals surface area contributed by atoms with E-state index in [9.17, 15) is 9.59 Å². The molecule has 0 saturated heterocycles. The van der Waals surface area contributed by atoms with E-state index in [1.165, 1.54) is 5.56 Å². The Kier molecular flexibility index (Phi) is 9.94. The van der Waals surface area contributed by atoms with Crippen molar-refractivity contribution in [1.82, 2.24) is 10.2 Å². The summed E-state index contributed by atoms with van der Waals surface area (Å²) in [5, 5.41) is 3.08. The minimum Gasteiger partial charge on any atom is -0.497 e. The maximum absolute atomic E-state index is 13.7. The van der Waals surface area contributed by atoms with Crippen molar-refractivity contribution in [3.05, 3.63) is 95.6 Å². The Morgan fingerprint density at radius 2 is 1.53 bits per heavy atom. The molecule has 202 valence electrons. The van der Waals surface area contributed by atoms with Gasteiger partial charge < -0.3 is 19.7 Å². The second-order valence-corrected chi connectivity index (χ2v) is 10.8. The van der Waals surface area contributed by atoms with Gasteiger partial charge in [0.1, 0.15) is 17.5 Å². The van der Waals surface area contributed by atoms with Gasteiger partial charge >= 0.3 is 0 Å². The molecule has 1 N–H and O–H groups in total. The van der Waals surface area contributed by atoms with Crippen LogP contribution in [0.15, 0.2) is 78.9 Å². The van der Waals surface area contributed by atoms with Gasteiger partial charge in [0.25, 0.3) is 5.91 Å². The normalized spacial score (nSPS) is 12.1. The minimum atomic E-state index is -0.734. The number of hydrogen-bond acceptors (Lipinski definition) is 4. The van der Waals surface area contributed by atoms with Crippen LogP contribution in [0.4, 0.5) is 0 Å². The van der Waals surface area contributed by atoms with Gasteiger partial charge in [-0.3, -0.25) is 9.59 Å². The fourth-order valence-electron chi connectivity index (χ4n) is 4.15. The molecule has 0 saturated carbocycles. The van der Waals surface area contributed by atoms with Gasteiger partial charge in [0.15, 0.2) is 6.61 Å². The summed E-state index contributed by atoms with van der Waals surface area (Å²) < 4.78 is 11.3. The molecule has 2 amide bonds. The first kappa shape index (κ1) is 28.8. The van der Waals surface area contributed by atoms with Crippen molar-refractivity contribution < 1.29 is 19.1 Å². The van der Waals surface area contributed by atoms with Gasteiger partial charge in [-0.2, -0.15) is 0 Å². The minimum absolute atomic E-state index is 0.181. The van der Waals surface area contributed by atoms with Crippen LogP contribution in [0, 0.1) is 0 Å². The van der Waals surface area contributed by atoms with E-state index in [2.05, 4.69) is 19.2 Å². The Morgan fingerprint density at radius 1 is 0.868 bits per heavy atom. The summed E-state index contributed by atoms with van der Waals surface area (Å²) in [6.45, 7) is 10.1. The molecular formula is C32H40N2O4. The van der Waals surface area contributed by atoms with Crippen molar-refractivity contribution >= 4 is 11.8 Å². The highest BCUT2D eigenvalue weighted by Crippen LogP contribution is 2.21. The van der Waals surface area contributed by atoms with Crippen molar-refractivity contribution in [1.29, 1.82) is 0 Å². The van der Waals surface area contributed by atoms with E-state index in [0.29, 0.717) is 23.8 Å². The van der Waals surface area contributed by atoms with Crippen molar-refractivity contribution in [3.8, 4) is 11.5 Å². The van der Waals surface area contributed by atoms with Gasteiger partial charge in [-0.25, -0.2) is 0 Å². The standard InChI is InChI=1S/C32H40N2O4/c1-23(2)26-15-17-27(18-16-26)38-22-30(35)34(21-25-13-10-14-28(19-25)37-6)29(31(36)33-32(3,4)5)20-24-11-8-7-9-12-24/h7-19,23,29H,20-22H2,1-6H3,(H,33,36)/t29-/m0/s1. The zero-order valence-electron chi connectivity index (χ0n) is 23.4. The van der Waals surface area contributed by atoms with Crippen LogP contribution < -0.4 is 14.8 Å². The summed E-state index contributed by atoms with van der Waals surface area (Å²) in [7, 11) is 1.61. The zero-order valence-corrected chi connectivity index (χ0v) is 23.4. The van der Waals surface area contributed by atoms with Crippen molar-refractivity contribution in [3.63, 3.8) is 0 Å². The average Bonchev–Trinajstić information content (AvgIpc) is 2.89. The molecule has 6 nitrogen and oxygen atoms in total. The van der Waals surface area contributed by atoms with Crippen LogP contribution in [0.1, 0.15) is 57.2 Å². The number of methoxy groups -OCH3 is 1. The second-order valence-electron chi connectivity index (χ2n) is 10.8. The summed E-state index contributed by atoms with van der Waals surface area (Å²) in [5.41, 5.74) is 2.58. The Hall–Kier alpha value is -3.80. The zero-order chi connectivity index (χ0) is 27.7. The molecule has 3 rings (SSSR count). The number of carbonyl (C=O) groups is 2. The molecule has 0 bridgehead atoms. The van der Waals surface area contributed by atoms with Gasteiger partial charge in [0, 0.05) is 18.5 Å². The van der Waals surface area contributed by atoms with Crippen molar-refractivity contribution in [2.24, 2.45) is 0 Å². The van der Waals surface area contributed by atoms with Crippen molar-refractivity contribution in [2.45, 2.75) is 65.1 Å². The SMILES string of the molecule is COc1cccc(CN(C(=O)COc2ccc(C(C)C)cc2)[C@@H](Cc2ccccc2)C(=O)NC(C)(C)C)c1. The molecule has 0 heterocycles. The predicted octanol–water partition coefficient (Wildman–Crippen LogP) is 5.75. The van der Waals surface area contributed by atoms with E-state index in [1.54, 1.807) is 12.0 Å². The Balaban J connectivity index is 1.92. The molecule has 0 fully saturated rings. The first-order valence-electron chi connectivity index (χ1n) is 13.1. The molecule has 0 spiro atoms. The lowest BCUT2D eigenvalue weighted by atomic mass is 10.0. The molecule has 6 heteroatoms.